The largest absolute Gasteiger partial charge is 0.444 e. The van der Waals surface area contributed by atoms with Gasteiger partial charge in [-0.3, -0.25) is 14.7 Å². The number of piperidine rings is 1. The Balaban J connectivity index is 1.64. The number of carbonyl (C=O) groups is 1. The van der Waals surface area contributed by atoms with Gasteiger partial charge < -0.3 is 14.2 Å². The van der Waals surface area contributed by atoms with Gasteiger partial charge in [-0.1, -0.05) is 12.1 Å². The molecule has 1 fully saturated rings. The van der Waals surface area contributed by atoms with Crippen LogP contribution in [0.3, 0.4) is 0 Å². The van der Waals surface area contributed by atoms with Crippen molar-refractivity contribution in [1.29, 1.82) is 0 Å². The fraction of sp³-hybridized carbons (Fsp3) is 0.464. The number of aromatic nitrogens is 2. The lowest BCUT2D eigenvalue weighted by Crippen LogP contribution is -2.50. The van der Waals surface area contributed by atoms with Gasteiger partial charge in [0.05, 0.1) is 5.52 Å². The molecule has 186 valence electrons. The SMILES string of the molecule is Cc1cc(CN(Cc2cn(C)c3ccccc3c2=O)C2CCCN(C(=O)OC(C)(C)C)C2)ccn1. The first-order valence-electron chi connectivity index (χ1n) is 12.3. The van der Waals surface area contributed by atoms with Crippen molar-refractivity contribution in [1.82, 2.24) is 19.4 Å². The zero-order chi connectivity index (χ0) is 25.2. The molecule has 0 N–H and O–H groups in total. The van der Waals surface area contributed by atoms with E-state index in [-0.39, 0.29) is 17.6 Å². The summed E-state index contributed by atoms with van der Waals surface area (Å²) in [5.74, 6) is 0. The summed E-state index contributed by atoms with van der Waals surface area (Å²) in [6, 6.07) is 11.9. The predicted octanol–water partition coefficient (Wildman–Crippen LogP) is 4.64. The Morgan fingerprint density at radius 1 is 1.20 bits per heavy atom. The van der Waals surface area contributed by atoms with Crippen LogP contribution in [-0.4, -0.2) is 50.2 Å². The van der Waals surface area contributed by atoms with Crippen LogP contribution in [-0.2, 0) is 24.9 Å². The van der Waals surface area contributed by atoms with Gasteiger partial charge in [0.25, 0.3) is 0 Å². The van der Waals surface area contributed by atoms with Crippen LogP contribution < -0.4 is 5.43 Å². The predicted molar refractivity (Wildman–Crippen MR) is 138 cm³/mol. The van der Waals surface area contributed by atoms with Crippen molar-refractivity contribution in [2.45, 2.75) is 65.3 Å². The number of hydrogen-bond acceptors (Lipinski definition) is 5. The first-order valence-corrected chi connectivity index (χ1v) is 12.3. The lowest BCUT2D eigenvalue weighted by Gasteiger charge is -2.40. The number of pyridine rings is 2. The normalized spacial score (nSPS) is 16.6. The average molecular weight is 477 g/mol. The number of carbonyl (C=O) groups excluding carboxylic acids is 1. The van der Waals surface area contributed by atoms with E-state index >= 15 is 0 Å². The maximum Gasteiger partial charge on any atom is 0.410 e. The van der Waals surface area contributed by atoms with Crippen LogP contribution in [0.1, 0.15) is 50.4 Å². The molecule has 0 saturated carbocycles. The smallest absolute Gasteiger partial charge is 0.410 e. The second-order valence-electron chi connectivity index (χ2n) is 10.5. The van der Waals surface area contributed by atoms with Gasteiger partial charge in [0.1, 0.15) is 5.60 Å². The Hall–Kier alpha value is -3.19. The Kier molecular flexibility index (Phi) is 7.26. The van der Waals surface area contributed by atoms with Crippen molar-refractivity contribution in [3.8, 4) is 0 Å². The fourth-order valence-electron chi connectivity index (χ4n) is 4.84. The number of benzene rings is 1. The van der Waals surface area contributed by atoms with Crippen LogP contribution in [0, 0.1) is 6.92 Å². The molecule has 35 heavy (non-hydrogen) atoms. The first-order chi connectivity index (χ1) is 16.6. The summed E-state index contributed by atoms with van der Waals surface area (Å²) in [7, 11) is 1.98. The summed E-state index contributed by atoms with van der Waals surface area (Å²) in [6.45, 7) is 10.1. The molecule has 7 heteroatoms. The molecule has 0 aliphatic carbocycles. The van der Waals surface area contributed by atoms with Crippen molar-refractivity contribution < 1.29 is 9.53 Å². The van der Waals surface area contributed by atoms with Gasteiger partial charge in [0.15, 0.2) is 5.43 Å². The van der Waals surface area contributed by atoms with E-state index in [2.05, 4.69) is 16.0 Å². The van der Waals surface area contributed by atoms with Crippen LogP contribution in [0.2, 0.25) is 0 Å². The number of rotatable bonds is 5. The summed E-state index contributed by atoms with van der Waals surface area (Å²) < 4.78 is 7.67. The van der Waals surface area contributed by atoms with E-state index in [0.717, 1.165) is 40.6 Å². The number of fused-ring (bicyclic) bond motifs is 1. The van der Waals surface area contributed by atoms with Gasteiger partial charge in [-0.05, 0) is 70.4 Å². The van der Waals surface area contributed by atoms with E-state index in [4.69, 9.17) is 4.74 Å². The molecule has 3 heterocycles. The molecule has 1 amide bonds. The van der Waals surface area contributed by atoms with E-state index in [0.29, 0.717) is 26.2 Å². The minimum atomic E-state index is -0.532. The van der Waals surface area contributed by atoms with Crippen molar-refractivity contribution >= 4 is 17.0 Å². The highest BCUT2D eigenvalue weighted by Gasteiger charge is 2.31. The molecule has 0 spiro atoms. The Morgan fingerprint density at radius 3 is 2.71 bits per heavy atom. The number of amides is 1. The molecule has 7 nitrogen and oxygen atoms in total. The lowest BCUT2D eigenvalue weighted by molar-refractivity contribution is 0.00889. The summed E-state index contributed by atoms with van der Waals surface area (Å²) >= 11 is 0. The van der Waals surface area contributed by atoms with Gasteiger partial charge in [0, 0.05) is 68.3 Å². The zero-order valence-corrected chi connectivity index (χ0v) is 21.5. The molecule has 0 bridgehead atoms. The molecule has 1 saturated heterocycles. The summed E-state index contributed by atoms with van der Waals surface area (Å²) in [5, 5.41) is 0.728. The minimum Gasteiger partial charge on any atom is -0.444 e. The Morgan fingerprint density at radius 2 is 1.97 bits per heavy atom. The van der Waals surface area contributed by atoms with Gasteiger partial charge >= 0.3 is 6.09 Å². The third-order valence-corrected chi connectivity index (χ3v) is 6.45. The molecule has 2 aromatic heterocycles. The number of likely N-dealkylation sites (tertiary alicyclic amines) is 1. The van der Waals surface area contributed by atoms with Crippen molar-refractivity contribution in [2.75, 3.05) is 13.1 Å². The third-order valence-electron chi connectivity index (χ3n) is 6.45. The minimum absolute atomic E-state index is 0.0643. The number of para-hydroxylation sites is 1. The quantitative estimate of drug-likeness (QED) is 0.537. The maximum absolute atomic E-state index is 13.4. The molecular formula is C28H36N4O3. The second-order valence-corrected chi connectivity index (χ2v) is 10.5. The average Bonchev–Trinajstić information content (AvgIpc) is 2.81. The molecule has 0 radical (unpaired) electrons. The van der Waals surface area contributed by atoms with Gasteiger partial charge in [0.2, 0.25) is 0 Å². The molecule has 1 aliphatic rings. The summed E-state index contributed by atoms with van der Waals surface area (Å²) in [6.07, 6.45) is 5.35. The number of nitrogens with zero attached hydrogens (tertiary/aromatic N) is 4. The first kappa shape index (κ1) is 24.9. The standard InChI is InChI=1S/C28H36N4O3/c1-20-15-21(12-13-29-20)16-32(23-9-8-14-31(19-23)27(34)35-28(2,3)4)18-22-17-30(5)25-11-7-6-10-24(25)26(22)33/h6-7,10-13,15,17,23H,8-9,14,16,18-19H2,1-5H3. The highest BCUT2D eigenvalue weighted by molar-refractivity contribution is 5.79. The van der Waals surface area contributed by atoms with Crippen LogP contribution in [0.15, 0.2) is 53.6 Å². The highest BCUT2D eigenvalue weighted by Crippen LogP contribution is 2.23. The highest BCUT2D eigenvalue weighted by atomic mass is 16.6. The van der Waals surface area contributed by atoms with Gasteiger partial charge in [-0.25, -0.2) is 4.79 Å². The van der Waals surface area contributed by atoms with Crippen LogP contribution in [0.4, 0.5) is 4.79 Å². The Bertz CT molecular complexity index is 1260. The second kappa shape index (κ2) is 10.2. The van der Waals surface area contributed by atoms with E-state index in [1.165, 1.54) is 0 Å². The van der Waals surface area contributed by atoms with Crippen LogP contribution >= 0.6 is 0 Å². The van der Waals surface area contributed by atoms with E-state index in [9.17, 15) is 9.59 Å². The molecule has 3 aromatic rings. The molecular weight excluding hydrogens is 440 g/mol. The maximum atomic E-state index is 13.4. The van der Waals surface area contributed by atoms with E-state index in [1.54, 1.807) is 0 Å². The van der Waals surface area contributed by atoms with Crippen molar-refractivity contribution in [3.63, 3.8) is 0 Å². The summed E-state index contributed by atoms with van der Waals surface area (Å²) in [5.41, 5.74) is 3.31. The Labute approximate surface area is 207 Å². The molecule has 1 atom stereocenters. The number of hydrogen-bond donors (Lipinski definition) is 0. The zero-order valence-electron chi connectivity index (χ0n) is 21.5. The van der Waals surface area contributed by atoms with E-state index < -0.39 is 5.60 Å². The number of aryl methyl sites for hydroxylation is 2. The molecule has 4 rings (SSSR count). The lowest BCUT2D eigenvalue weighted by atomic mass is 10.0. The van der Waals surface area contributed by atoms with Gasteiger partial charge in [-0.2, -0.15) is 0 Å². The molecule has 1 aliphatic heterocycles. The number of ether oxygens (including phenoxy) is 1. The third kappa shape index (κ3) is 6.09. The van der Waals surface area contributed by atoms with Gasteiger partial charge in [-0.15, -0.1) is 0 Å². The van der Waals surface area contributed by atoms with Crippen LogP contribution in [0.25, 0.3) is 10.9 Å². The van der Waals surface area contributed by atoms with Crippen LogP contribution in [0.5, 0.6) is 0 Å². The van der Waals surface area contributed by atoms with Crippen molar-refractivity contribution in [2.24, 2.45) is 7.05 Å². The topological polar surface area (TPSA) is 67.7 Å². The van der Waals surface area contributed by atoms with E-state index in [1.807, 2.05) is 86.9 Å². The van der Waals surface area contributed by atoms with Crippen molar-refractivity contribution in [3.05, 3.63) is 75.8 Å². The summed E-state index contributed by atoms with van der Waals surface area (Å²) in [4.78, 5) is 34.7. The fourth-order valence-corrected chi connectivity index (χ4v) is 4.84. The monoisotopic (exact) mass is 476 g/mol. The molecule has 1 unspecified atom stereocenters. The molecule has 1 aromatic carbocycles.